The predicted octanol–water partition coefficient (Wildman–Crippen LogP) is 3.73. The molecule has 2 nitrogen and oxygen atoms in total. The molecule has 0 aromatic heterocycles. The van der Waals surface area contributed by atoms with Gasteiger partial charge in [0.1, 0.15) is 0 Å². The molecule has 0 saturated heterocycles. The third-order valence-corrected chi connectivity index (χ3v) is 0.890. The summed E-state index contributed by atoms with van der Waals surface area (Å²) in [5, 5.41) is 4.27. The number of rotatable bonds is 2. The van der Waals surface area contributed by atoms with Gasteiger partial charge in [-0.15, -0.1) is 0 Å². The maximum atomic E-state index is 4.57. The van der Waals surface area contributed by atoms with Crippen molar-refractivity contribution in [2.24, 2.45) is 4.99 Å². The van der Waals surface area contributed by atoms with E-state index in [1.165, 1.54) is 0 Å². The Labute approximate surface area is 97.3 Å². The average Bonchev–Trinajstić information content (AvgIpc) is 1.87. The Morgan fingerprint density at radius 1 is 1.23 bits per heavy atom. The van der Waals surface area contributed by atoms with E-state index in [1.54, 1.807) is 0 Å². The SMILES string of the molecule is CC(=NC(C)C)[N-]C(C)C.[CH3-].[Cl][Ru+2]. The van der Waals surface area contributed by atoms with E-state index in [0.29, 0.717) is 12.1 Å². The molecule has 13 heavy (non-hydrogen) atoms. The van der Waals surface area contributed by atoms with E-state index in [1.807, 2.05) is 24.2 Å². The van der Waals surface area contributed by atoms with Crippen LogP contribution in [0.2, 0.25) is 0 Å². The zero-order valence-electron chi connectivity index (χ0n) is 9.28. The van der Waals surface area contributed by atoms with Crippen LogP contribution in [-0.4, -0.2) is 17.9 Å². The van der Waals surface area contributed by atoms with E-state index in [9.17, 15) is 0 Å². The van der Waals surface area contributed by atoms with Crippen LogP contribution in [0.15, 0.2) is 4.99 Å². The van der Waals surface area contributed by atoms with Gasteiger partial charge in [0.15, 0.2) is 0 Å². The van der Waals surface area contributed by atoms with Gasteiger partial charge in [0.2, 0.25) is 0 Å². The van der Waals surface area contributed by atoms with Crippen LogP contribution in [0.5, 0.6) is 0 Å². The zero-order chi connectivity index (χ0) is 10.1. The van der Waals surface area contributed by atoms with Gasteiger partial charge < -0.3 is 17.7 Å². The van der Waals surface area contributed by atoms with Crippen molar-refractivity contribution in [3.8, 4) is 0 Å². The van der Waals surface area contributed by atoms with Gasteiger partial charge >= 0.3 is 27.0 Å². The van der Waals surface area contributed by atoms with Crippen molar-refractivity contribution in [1.82, 2.24) is 0 Å². The molecule has 0 radical (unpaired) electrons. The molecule has 0 aliphatic heterocycles. The van der Waals surface area contributed by atoms with Gasteiger partial charge in [0.05, 0.1) is 0 Å². The fourth-order valence-corrected chi connectivity index (χ4v) is 0.781. The van der Waals surface area contributed by atoms with Crippen LogP contribution in [0.4, 0.5) is 0 Å². The second-order valence-corrected chi connectivity index (χ2v) is 2.99. The Bertz CT molecular complexity index is 125. The van der Waals surface area contributed by atoms with E-state index in [0.717, 1.165) is 5.84 Å². The number of aliphatic imine (C=N–C) groups is 1. The van der Waals surface area contributed by atoms with Gasteiger partial charge in [-0.25, -0.2) is 0 Å². The van der Waals surface area contributed by atoms with E-state index < -0.39 is 0 Å². The molecule has 0 amide bonds. The first kappa shape index (κ1) is 19.0. The first-order chi connectivity index (χ1) is 5.52. The first-order valence-electron chi connectivity index (χ1n) is 3.91. The second kappa shape index (κ2) is 12.4. The summed E-state index contributed by atoms with van der Waals surface area (Å²) in [7, 11) is 4.57. The molecule has 0 aliphatic rings. The van der Waals surface area contributed by atoms with Gasteiger partial charge in [-0.1, -0.05) is 33.5 Å². The van der Waals surface area contributed by atoms with Crippen LogP contribution in [0.3, 0.4) is 0 Å². The summed E-state index contributed by atoms with van der Waals surface area (Å²) in [6.07, 6.45) is 0. The average molecular weight is 293 g/mol. The number of nitrogens with zero attached hydrogens (tertiary/aromatic N) is 2. The van der Waals surface area contributed by atoms with E-state index >= 15 is 0 Å². The van der Waals surface area contributed by atoms with Crippen molar-refractivity contribution < 1.29 is 17.3 Å². The van der Waals surface area contributed by atoms with E-state index in [-0.39, 0.29) is 7.43 Å². The Balaban J connectivity index is -0.000000309. The Morgan fingerprint density at radius 3 is 1.85 bits per heavy atom. The fraction of sp³-hybridized carbons (Fsp3) is 0.778. The van der Waals surface area contributed by atoms with Crippen LogP contribution < -0.4 is 0 Å². The molecule has 0 spiro atoms. The maximum absolute atomic E-state index is 4.57. The summed E-state index contributed by atoms with van der Waals surface area (Å²) < 4.78 is 0. The Morgan fingerprint density at radius 2 is 1.62 bits per heavy atom. The molecule has 0 unspecified atom stereocenters. The topological polar surface area (TPSA) is 26.5 Å². The van der Waals surface area contributed by atoms with E-state index in [4.69, 9.17) is 0 Å². The van der Waals surface area contributed by atoms with E-state index in [2.05, 4.69) is 47.7 Å². The van der Waals surface area contributed by atoms with Crippen LogP contribution in [0.1, 0.15) is 34.6 Å². The fourth-order valence-electron chi connectivity index (χ4n) is 0.781. The quantitative estimate of drug-likeness (QED) is 0.321. The molecule has 0 heterocycles. The van der Waals surface area contributed by atoms with Gasteiger partial charge in [-0.2, -0.15) is 0 Å². The van der Waals surface area contributed by atoms with Gasteiger partial charge in [0, 0.05) is 0 Å². The van der Waals surface area contributed by atoms with Crippen LogP contribution in [0, 0.1) is 7.43 Å². The standard InChI is InChI=1S/C8H17N2.CH3.ClH.Ru/c1-6(2)9-8(5)10-7(3)4;;;/h6-7H,1-5H3;1H3;1H;/q2*-1;;+3/p-1. The first-order valence-corrected chi connectivity index (χ1v) is 6.14. The Hall–Kier alpha value is 0.383. The molecule has 0 aromatic carbocycles. The molecular weight excluding hydrogens is 273 g/mol. The minimum absolute atomic E-state index is 0. The van der Waals surface area contributed by atoms with Crippen LogP contribution in [0.25, 0.3) is 5.32 Å². The minimum atomic E-state index is 0. The third-order valence-electron chi connectivity index (χ3n) is 0.890. The van der Waals surface area contributed by atoms with Gasteiger partial charge in [-0.05, 0) is 19.0 Å². The van der Waals surface area contributed by atoms with Crippen molar-refractivity contribution in [3.05, 3.63) is 12.7 Å². The summed E-state index contributed by atoms with van der Waals surface area (Å²) in [6.45, 7) is 10.2. The molecule has 0 atom stereocenters. The van der Waals surface area contributed by atoms with Crippen LogP contribution in [-0.2, 0) is 17.3 Å². The molecule has 0 N–H and O–H groups in total. The molecule has 4 heteroatoms. The summed E-state index contributed by atoms with van der Waals surface area (Å²) in [6, 6.07) is 0.727. The number of hydrogen-bond acceptors (Lipinski definition) is 1. The van der Waals surface area contributed by atoms with Crippen molar-refractivity contribution >= 4 is 15.5 Å². The van der Waals surface area contributed by atoms with Gasteiger partial charge in [-0.3, -0.25) is 0 Å². The predicted molar refractivity (Wildman–Crippen MR) is 59.0 cm³/mol. The summed E-state index contributed by atoms with van der Waals surface area (Å²) >= 11 is 1.82. The zero-order valence-corrected chi connectivity index (χ0v) is 11.8. The molecule has 0 rings (SSSR count). The van der Waals surface area contributed by atoms with Crippen LogP contribution >= 0.6 is 9.69 Å². The Kier molecular flexibility index (Phi) is 18.1. The van der Waals surface area contributed by atoms with Crippen molar-refractivity contribution in [2.45, 2.75) is 46.7 Å². The summed E-state index contributed by atoms with van der Waals surface area (Å²) in [5.41, 5.74) is 0. The summed E-state index contributed by atoms with van der Waals surface area (Å²) in [5.74, 6) is 0.907. The molecule has 0 aliphatic carbocycles. The third kappa shape index (κ3) is 19.0. The number of halogens is 1. The number of amidine groups is 1. The molecule has 0 fully saturated rings. The van der Waals surface area contributed by atoms with Gasteiger partial charge in [0.25, 0.3) is 0 Å². The van der Waals surface area contributed by atoms with Crippen molar-refractivity contribution in [1.29, 1.82) is 0 Å². The second-order valence-electron chi connectivity index (χ2n) is 2.99. The van der Waals surface area contributed by atoms with Crippen molar-refractivity contribution in [3.63, 3.8) is 0 Å². The molecule has 0 aromatic rings. The molecule has 81 valence electrons. The monoisotopic (exact) mass is 293 g/mol. The normalized spacial score (nSPS) is 10.3. The van der Waals surface area contributed by atoms with Crippen molar-refractivity contribution in [2.75, 3.05) is 0 Å². The number of hydrogen-bond donors (Lipinski definition) is 0. The summed E-state index contributed by atoms with van der Waals surface area (Å²) in [4.78, 5) is 4.27. The molecule has 0 saturated carbocycles. The molecular formula is C9H20ClN2Ru. The molecule has 0 bridgehead atoms.